The van der Waals surface area contributed by atoms with Crippen molar-refractivity contribution in [3.63, 3.8) is 0 Å². The van der Waals surface area contributed by atoms with Gasteiger partial charge in [-0.25, -0.2) is 4.98 Å². The van der Waals surface area contributed by atoms with E-state index in [0.717, 1.165) is 35.2 Å². The zero-order chi connectivity index (χ0) is 13.7. The summed E-state index contributed by atoms with van der Waals surface area (Å²) in [6.07, 6.45) is 3.58. The maximum absolute atomic E-state index is 9.24. The van der Waals surface area contributed by atoms with Crippen LogP contribution in [0.15, 0.2) is 24.3 Å². The van der Waals surface area contributed by atoms with Crippen LogP contribution in [0.3, 0.4) is 0 Å². The summed E-state index contributed by atoms with van der Waals surface area (Å²) in [7, 11) is 0. The van der Waals surface area contributed by atoms with Crippen LogP contribution in [0.25, 0.3) is 10.8 Å². The number of benzene rings is 1. The molecule has 0 amide bonds. The van der Waals surface area contributed by atoms with E-state index < -0.39 is 0 Å². The Labute approximate surface area is 114 Å². The number of unbranched alkanes of at least 4 members (excludes halogenated alkanes) is 2. The van der Waals surface area contributed by atoms with Crippen molar-refractivity contribution in [2.24, 2.45) is 0 Å². The number of nitriles is 1. The molecule has 0 saturated carbocycles. The summed E-state index contributed by atoms with van der Waals surface area (Å²) >= 11 is 0. The molecule has 3 heteroatoms. The third-order valence-electron chi connectivity index (χ3n) is 3.28. The number of hydrogen-bond acceptors (Lipinski definition) is 3. The first-order valence-electron chi connectivity index (χ1n) is 6.81. The van der Waals surface area contributed by atoms with Crippen LogP contribution in [0.5, 0.6) is 0 Å². The van der Waals surface area contributed by atoms with Gasteiger partial charge >= 0.3 is 0 Å². The molecule has 1 aromatic heterocycles. The molecule has 2 rings (SSSR count). The van der Waals surface area contributed by atoms with Crippen LogP contribution in [0.4, 0.5) is 5.82 Å². The molecular weight excluding hydrogens is 234 g/mol. The van der Waals surface area contributed by atoms with E-state index in [1.54, 1.807) is 0 Å². The molecule has 1 heterocycles. The molecule has 19 heavy (non-hydrogen) atoms. The molecule has 2 aromatic rings. The summed E-state index contributed by atoms with van der Waals surface area (Å²) in [5, 5.41) is 14.6. The molecule has 98 valence electrons. The molecule has 0 spiro atoms. The van der Waals surface area contributed by atoms with E-state index in [0.29, 0.717) is 5.56 Å². The molecular formula is C16H19N3. The Bertz CT molecular complexity index is 611. The molecule has 0 atom stereocenters. The Morgan fingerprint density at radius 2 is 1.95 bits per heavy atom. The lowest BCUT2D eigenvalue weighted by Gasteiger charge is -2.11. The van der Waals surface area contributed by atoms with Gasteiger partial charge in [0.05, 0.1) is 11.3 Å². The number of nitrogens with zero attached hydrogens (tertiary/aromatic N) is 2. The second-order valence-electron chi connectivity index (χ2n) is 4.71. The minimum Gasteiger partial charge on any atom is -0.370 e. The fraction of sp³-hybridized carbons (Fsp3) is 0.375. The van der Waals surface area contributed by atoms with Gasteiger partial charge < -0.3 is 5.32 Å². The fourth-order valence-electron chi connectivity index (χ4n) is 2.24. The Morgan fingerprint density at radius 1 is 1.21 bits per heavy atom. The van der Waals surface area contributed by atoms with Gasteiger partial charge in [0.2, 0.25) is 0 Å². The van der Waals surface area contributed by atoms with Crippen LogP contribution in [0, 0.1) is 18.3 Å². The second kappa shape index (κ2) is 6.19. The number of aromatic nitrogens is 1. The minimum absolute atomic E-state index is 0.676. The summed E-state index contributed by atoms with van der Waals surface area (Å²) in [5.74, 6) is 0.892. The highest BCUT2D eigenvalue weighted by Gasteiger charge is 2.10. The van der Waals surface area contributed by atoms with Gasteiger partial charge in [0.1, 0.15) is 11.9 Å². The highest BCUT2D eigenvalue weighted by atomic mass is 15.0. The highest BCUT2D eigenvalue weighted by Crippen LogP contribution is 2.26. The standard InChI is InChI=1S/C16H19N3/c1-3-4-7-10-18-16-14-9-6-5-8-13(14)15(11-17)12(2)19-16/h5-6,8-9H,3-4,7,10H2,1-2H3,(H,18,19). The van der Waals surface area contributed by atoms with Crippen LogP contribution >= 0.6 is 0 Å². The molecule has 0 aliphatic carbocycles. The van der Waals surface area contributed by atoms with Crippen LogP contribution in [-0.2, 0) is 0 Å². The fourth-order valence-corrected chi connectivity index (χ4v) is 2.24. The smallest absolute Gasteiger partial charge is 0.134 e. The van der Waals surface area contributed by atoms with E-state index in [4.69, 9.17) is 0 Å². The maximum Gasteiger partial charge on any atom is 0.134 e. The van der Waals surface area contributed by atoms with E-state index in [9.17, 15) is 5.26 Å². The quantitative estimate of drug-likeness (QED) is 0.819. The zero-order valence-corrected chi connectivity index (χ0v) is 11.5. The van der Waals surface area contributed by atoms with Crippen molar-refractivity contribution in [2.75, 3.05) is 11.9 Å². The molecule has 0 saturated heterocycles. The van der Waals surface area contributed by atoms with E-state index in [-0.39, 0.29) is 0 Å². The second-order valence-corrected chi connectivity index (χ2v) is 4.71. The predicted molar refractivity (Wildman–Crippen MR) is 79.2 cm³/mol. The Hall–Kier alpha value is -2.08. The van der Waals surface area contributed by atoms with Gasteiger partial charge in [-0.05, 0) is 13.3 Å². The monoisotopic (exact) mass is 253 g/mol. The van der Waals surface area contributed by atoms with E-state index in [1.807, 2.05) is 31.2 Å². The van der Waals surface area contributed by atoms with Crippen molar-refractivity contribution < 1.29 is 0 Å². The minimum atomic E-state index is 0.676. The average Bonchev–Trinajstić information content (AvgIpc) is 2.43. The summed E-state index contributed by atoms with van der Waals surface area (Å²) in [4.78, 5) is 4.54. The molecule has 0 unspecified atom stereocenters. The zero-order valence-electron chi connectivity index (χ0n) is 11.5. The first-order valence-corrected chi connectivity index (χ1v) is 6.81. The van der Waals surface area contributed by atoms with Gasteiger partial charge in [-0.1, -0.05) is 44.0 Å². The molecule has 3 nitrogen and oxygen atoms in total. The number of nitrogens with one attached hydrogen (secondary N) is 1. The first-order chi connectivity index (χ1) is 9.27. The predicted octanol–water partition coefficient (Wildman–Crippen LogP) is 4.02. The van der Waals surface area contributed by atoms with Gasteiger partial charge in [0.15, 0.2) is 0 Å². The number of hydrogen-bond donors (Lipinski definition) is 1. The summed E-state index contributed by atoms with van der Waals surface area (Å²) in [6, 6.07) is 10.2. The van der Waals surface area contributed by atoms with Crippen molar-refractivity contribution >= 4 is 16.6 Å². The third kappa shape index (κ3) is 2.85. The van der Waals surface area contributed by atoms with Crippen LogP contribution < -0.4 is 5.32 Å². The lowest BCUT2D eigenvalue weighted by atomic mass is 10.0. The molecule has 0 bridgehead atoms. The van der Waals surface area contributed by atoms with Gasteiger partial charge in [-0.2, -0.15) is 5.26 Å². The average molecular weight is 253 g/mol. The summed E-state index contributed by atoms with van der Waals surface area (Å²) in [6.45, 7) is 5.01. The van der Waals surface area contributed by atoms with Gasteiger partial charge in [-0.3, -0.25) is 0 Å². The largest absolute Gasteiger partial charge is 0.370 e. The SMILES string of the molecule is CCCCCNc1nc(C)c(C#N)c2ccccc12. The van der Waals surface area contributed by atoms with Crippen molar-refractivity contribution in [1.82, 2.24) is 4.98 Å². The van der Waals surface area contributed by atoms with E-state index >= 15 is 0 Å². The molecule has 0 radical (unpaired) electrons. The summed E-state index contributed by atoms with van der Waals surface area (Å²) in [5.41, 5.74) is 1.47. The maximum atomic E-state index is 9.24. The number of aryl methyl sites for hydroxylation is 1. The normalized spacial score (nSPS) is 10.4. The molecule has 0 aliphatic rings. The number of rotatable bonds is 5. The number of anilines is 1. The lowest BCUT2D eigenvalue weighted by molar-refractivity contribution is 0.742. The summed E-state index contributed by atoms with van der Waals surface area (Å²) < 4.78 is 0. The molecule has 0 aliphatic heterocycles. The first kappa shape index (κ1) is 13.4. The highest BCUT2D eigenvalue weighted by molar-refractivity contribution is 5.96. The Balaban J connectivity index is 2.37. The van der Waals surface area contributed by atoms with E-state index in [1.165, 1.54) is 12.8 Å². The topological polar surface area (TPSA) is 48.7 Å². The van der Waals surface area contributed by atoms with E-state index in [2.05, 4.69) is 23.3 Å². The lowest BCUT2D eigenvalue weighted by Crippen LogP contribution is -2.05. The molecule has 1 aromatic carbocycles. The van der Waals surface area contributed by atoms with Crippen molar-refractivity contribution in [3.05, 3.63) is 35.5 Å². The Morgan fingerprint density at radius 3 is 2.63 bits per heavy atom. The van der Waals surface area contributed by atoms with Gasteiger partial charge in [0, 0.05) is 17.3 Å². The van der Waals surface area contributed by atoms with Gasteiger partial charge in [0.25, 0.3) is 0 Å². The number of fused-ring (bicyclic) bond motifs is 1. The van der Waals surface area contributed by atoms with Crippen molar-refractivity contribution in [3.8, 4) is 6.07 Å². The number of pyridine rings is 1. The molecule has 0 fully saturated rings. The Kier molecular flexibility index (Phi) is 4.35. The van der Waals surface area contributed by atoms with Crippen molar-refractivity contribution in [2.45, 2.75) is 33.1 Å². The van der Waals surface area contributed by atoms with Gasteiger partial charge in [-0.15, -0.1) is 0 Å². The molecule has 1 N–H and O–H groups in total. The van der Waals surface area contributed by atoms with Crippen LogP contribution in [-0.4, -0.2) is 11.5 Å². The van der Waals surface area contributed by atoms with Crippen LogP contribution in [0.1, 0.15) is 37.4 Å². The van der Waals surface area contributed by atoms with Crippen molar-refractivity contribution in [1.29, 1.82) is 5.26 Å². The van der Waals surface area contributed by atoms with Crippen LogP contribution in [0.2, 0.25) is 0 Å². The third-order valence-corrected chi connectivity index (χ3v) is 3.28.